The first-order valence-electron chi connectivity index (χ1n) is 6.84. The zero-order valence-electron chi connectivity index (χ0n) is 10.9. The van der Waals surface area contributed by atoms with E-state index in [-0.39, 0.29) is 17.7 Å². The molecule has 1 amide bonds. The van der Waals surface area contributed by atoms with Crippen molar-refractivity contribution in [3.05, 3.63) is 30.4 Å². The largest absolute Gasteiger partial charge is 0.341 e. The molecule has 1 aliphatic carbocycles. The average Bonchev–Trinajstić information content (AvgIpc) is 3.17. The predicted molar refractivity (Wildman–Crippen MR) is 69.6 cm³/mol. The molecule has 1 saturated heterocycles. The van der Waals surface area contributed by atoms with Crippen molar-refractivity contribution in [3.63, 3.8) is 0 Å². The molecule has 0 aromatic carbocycles. The summed E-state index contributed by atoms with van der Waals surface area (Å²) in [7, 11) is 0. The maximum atomic E-state index is 11.8. The van der Waals surface area contributed by atoms with Crippen LogP contribution in [0.15, 0.2) is 29.0 Å². The number of hydrogen-bond donors (Lipinski definition) is 0. The van der Waals surface area contributed by atoms with Gasteiger partial charge < -0.3 is 9.42 Å². The van der Waals surface area contributed by atoms with Crippen LogP contribution in [0.25, 0.3) is 11.4 Å². The van der Waals surface area contributed by atoms with Gasteiger partial charge in [0.2, 0.25) is 17.6 Å². The normalized spacial score (nSPS) is 18.9. The van der Waals surface area contributed by atoms with Crippen molar-refractivity contribution in [2.45, 2.75) is 18.8 Å². The van der Waals surface area contributed by atoms with E-state index in [1.165, 1.54) is 0 Å². The van der Waals surface area contributed by atoms with Crippen molar-refractivity contribution in [3.8, 4) is 11.4 Å². The molecule has 1 aliphatic heterocycles. The summed E-state index contributed by atoms with van der Waals surface area (Å²) in [5.74, 6) is 1.91. The third kappa shape index (κ3) is 1.97. The lowest BCUT2D eigenvalue weighted by Crippen LogP contribution is -2.49. The van der Waals surface area contributed by atoms with Gasteiger partial charge in [0.25, 0.3) is 0 Å². The number of carbonyl (C=O) groups is 1. The lowest BCUT2D eigenvalue weighted by Gasteiger charge is -2.37. The fraction of sp³-hybridized carbons (Fsp3) is 0.429. The van der Waals surface area contributed by atoms with Crippen molar-refractivity contribution in [2.24, 2.45) is 5.92 Å². The van der Waals surface area contributed by atoms with E-state index in [0.717, 1.165) is 18.4 Å². The Bertz CT molecular complexity index is 630. The monoisotopic (exact) mass is 270 g/mol. The van der Waals surface area contributed by atoms with Crippen LogP contribution in [0.4, 0.5) is 0 Å². The van der Waals surface area contributed by atoms with Crippen LogP contribution in [-0.2, 0) is 4.79 Å². The van der Waals surface area contributed by atoms with E-state index in [2.05, 4.69) is 15.1 Å². The molecule has 0 radical (unpaired) electrons. The Kier molecular flexibility index (Phi) is 2.55. The zero-order chi connectivity index (χ0) is 13.5. The van der Waals surface area contributed by atoms with Gasteiger partial charge in [-0.3, -0.25) is 9.78 Å². The van der Waals surface area contributed by atoms with Gasteiger partial charge in [0.15, 0.2) is 0 Å². The van der Waals surface area contributed by atoms with Crippen molar-refractivity contribution >= 4 is 5.91 Å². The Morgan fingerprint density at radius 2 is 2.20 bits per heavy atom. The van der Waals surface area contributed by atoms with Gasteiger partial charge in [-0.2, -0.15) is 4.98 Å². The number of aromatic nitrogens is 3. The maximum absolute atomic E-state index is 11.8. The quantitative estimate of drug-likeness (QED) is 0.844. The molecule has 6 nitrogen and oxygen atoms in total. The van der Waals surface area contributed by atoms with Crippen LogP contribution in [-0.4, -0.2) is 39.0 Å². The van der Waals surface area contributed by atoms with E-state index in [4.69, 9.17) is 4.52 Å². The Morgan fingerprint density at radius 1 is 1.35 bits per heavy atom. The summed E-state index contributed by atoms with van der Waals surface area (Å²) in [4.78, 5) is 22.2. The highest BCUT2D eigenvalue weighted by molar-refractivity contribution is 5.82. The van der Waals surface area contributed by atoms with E-state index in [9.17, 15) is 4.79 Å². The van der Waals surface area contributed by atoms with Gasteiger partial charge >= 0.3 is 0 Å². The summed E-state index contributed by atoms with van der Waals surface area (Å²) in [5.41, 5.74) is 0.840. The second kappa shape index (κ2) is 4.40. The van der Waals surface area contributed by atoms with Crippen molar-refractivity contribution in [1.29, 1.82) is 0 Å². The molecule has 0 unspecified atom stereocenters. The first kappa shape index (κ1) is 11.6. The van der Waals surface area contributed by atoms with Crippen LogP contribution < -0.4 is 0 Å². The van der Waals surface area contributed by atoms with Crippen LogP contribution in [0.2, 0.25) is 0 Å². The number of nitrogens with zero attached hydrogens (tertiary/aromatic N) is 4. The molecule has 3 heterocycles. The minimum absolute atomic E-state index is 0.177. The second-order valence-electron chi connectivity index (χ2n) is 5.41. The van der Waals surface area contributed by atoms with E-state index < -0.39 is 0 Å². The minimum atomic E-state index is 0.177. The third-order valence-corrected chi connectivity index (χ3v) is 3.83. The Balaban J connectivity index is 1.43. The smallest absolute Gasteiger partial charge is 0.233 e. The van der Waals surface area contributed by atoms with Gasteiger partial charge in [0.05, 0.1) is 5.92 Å². The maximum Gasteiger partial charge on any atom is 0.233 e. The van der Waals surface area contributed by atoms with Crippen molar-refractivity contribution in [2.75, 3.05) is 13.1 Å². The van der Waals surface area contributed by atoms with Crippen LogP contribution in [0.5, 0.6) is 0 Å². The molecule has 1 saturated carbocycles. The van der Waals surface area contributed by atoms with Crippen LogP contribution in [0, 0.1) is 5.92 Å². The van der Waals surface area contributed by atoms with Gasteiger partial charge in [-0.05, 0) is 25.0 Å². The summed E-state index contributed by atoms with van der Waals surface area (Å²) in [6.07, 6.45) is 5.51. The van der Waals surface area contributed by atoms with Gasteiger partial charge in [0, 0.05) is 37.0 Å². The molecule has 102 valence electrons. The third-order valence-electron chi connectivity index (χ3n) is 3.83. The highest BCUT2D eigenvalue weighted by atomic mass is 16.5. The molecule has 0 spiro atoms. The average molecular weight is 270 g/mol. The Morgan fingerprint density at radius 3 is 2.90 bits per heavy atom. The molecule has 0 bridgehead atoms. The lowest BCUT2D eigenvalue weighted by atomic mass is 9.99. The molecule has 2 aromatic rings. The van der Waals surface area contributed by atoms with Gasteiger partial charge in [-0.15, -0.1) is 0 Å². The van der Waals surface area contributed by atoms with Crippen LogP contribution in [0.3, 0.4) is 0 Å². The molecule has 0 N–H and O–H groups in total. The van der Waals surface area contributed by atoms with Gasteiger partial charge in [-0.25, -0.2) is 0 Å². The summed E-state index contributed by atoms with van der Waals surface area (Å²) in [6.45, 7) is 1.40. The van der Waals surface area contributed by atoms with Crippen molar-refractivity contribution in [1.82, 2.24) is 20.0 Å². The van der Waals surface area contributed by atoms with Gasteiger partial charge in [0.1, 0.15) is 0 Å². The zero-order valence-corrected chi connectivity index (χ0v) is 10.9. The fourth-order valence-electron chi connectivity index (χ4n) is 2.42. The standard InChI is InChI=1S/C14H14N4O2/c19-14(9-3-4-9)18-7-11(8-18)13-16-12(17-20-13)10-2-1-5-15-6-10/h1-2,5-6,9,11H,3-4,7-8H2. The molecule has 6 heteroatoms. The van der Waals surface area contributed by atoms with Gasteiger partial charge in [-0.1, -0.05) is 5.16 Å². The number of pyridine rings is 1. The van der Waals surface area contributed by atoms with Crippen molar-refractivity contribution < 1.29 is 9.32 Å². The van der Waals surface area contributed by atoms with E-state index >= 15 is 0 Å². The fourth-order valence-corrected chi connectivity index (χ4v) is 2.42. The first-order chi connectivity index (χ1) is 9.81. The van der Waals surface area contributed by atoms with E-state index in [0.29, 0.717) is 24.8 Å². The SMILES string of the molecule is O=C(C1CC1)N1CC(c2nc(-c3cccnc3)no2)C1. The molecular formula is C14H14N4O2. The number of hydrogen-bond acceptors (Lipinski definition) is 5. The first-order valence-corrected chi connectivity index (χ1v) is 6.84. The second-order valence-corrected chi connectivity index (χ2v) is 5.41. The van der Waals surface area contributed by atoms with Crippen LogP contribution in [0.1, 0.15) is 24.7 Å². The van der Waals surface area contributed by atoms with E-state index in [1.54, 1.807) is 12.4 Å². The Hall–Kier alpha value is -2.24. The highest BCUT2D eigenvalue weighted by Crippen LogP contribution is 2.35. The molecule has 2 aliphatic rings. The highest BCUT2D eigenvalue weighted by Gasteiger charge is 2.41. The summed E-state index contributed by atoms with van der Waals surface area (Å²) in [5, 5.41) is 3.98. The number of carbonyl (C=O) groups excluding carboxylic acids is 1. The minimum Gasteiger partial charge on any atom is -0.341 e. The molecule has 4 rings (SSSR count). The molecule has 2 fully saturated rings. The van der Waals surface area contributed by atoms with Crippen LogP contribution >= 0.6 is 0 Å². The summed E-state index contributed by atoms with van der Waals surface area (Å²) >= 11 is 0. The molecular weight excluding hydrogens is 256 g/mol. The predicted octanol–water partition coefficient (Wildman–Crippen LogP) is 1.47. The van der Waals surface area contributed by atoms with E-state index in [1.807, 2.05) is 17.0 Å². The molecule has 20 heavy (non-hydrogen) atoms. The molecule has 0 atom stereocenters. The molecule has 2 aromatic heterocycles. The summed E-state index contributed by atoms with van der Waals surface area (Å²) < 4.78 is 5.30. The topological polar surface area (TPSA) is 72.1 Å². The summed E-state index contributed by atoms with van der Waals surface area (Å²) in [6, 6.07) is 3.73. The Labute approximate surface area is 115 Å². The number of rotatable bonds is 3. The number of amides is 1. The lowest BCUT2D eigenvalue weighted by molar-refractivity contribution is -0.137. The number of likely N-dealkylation sites (tertiary alicyclic amines) is 1.